The lowest BCUT2D eigenvalue weighted by Gasteiger charge is -2.26. The van der Waals surface area contributed by atoms with Gasteiger partial charge in [0.1, 0.15) is 12.6 Å². The molecule has 0 spiro atoms. The van der Waals surface area contributed by atoms with E-state index in [9.17, 15) is 14.7 Å². The smallest absolute Gasteiger partial charge is 0.410 e. The Morgan fingerprint density at radius 2 is 1.87 bits per heavy atom. The van der Waals surface area contributed by atoms with Crippen molar-refractivity contribution in [2.24, 2.45) is 0 Å². The van der Waals surface area contributed by atoms with Gasteiger partial charge in [0.15, 0.2) is 0 Å². The second-order valence-electron chi connectivity index (χ2n) is 6.13. The van der Waals surface area contributed by atoms with E-state index in [0.717, 1.165) is 31.5 Å². The molecule has 0 radical (unpaired) electrons. The van der Waals surface area contributed by atoms with Crippen molar-refractivity contribution in [3.05, 3.63) is 35.9 Å². The standard InChI is InChI=1S/C17H22N2O4/c20-14-10-15(16(21)18-8-4-5-9-18)19(11-14)17(22)23-12-13-6-2-1-3-7-13/h1-3,6-7,14-15,20H,4-5,8-12H2/t14?,15-/m1/s1. The van der Waals surface area contributed by atoms with Crippen LogP contribution in [0.4, 0.5) is 4.79 Å². The monoisotopic (exact) mass is 318 g/mol. The first kappa shape index (κ1) is 15.8. The van der Waals surface area contributed by atoms with E-state index in [1.807, 2.05) is 30.3 Å². The number of hydrogen-bond donors (Lipinski definition) is 1. The van der Waals surface area contributed by atoms with E-state index in [1.165, 1.54) is 4.90 Å². The normalized spacial score (nSPS) is 24.0. The third kappa shape index (κ3) is 3.64. The number of aliphatic hydroxyl groups is 1. The number of nitrogens with zero attached hydrogens (tertiary/aromatic N) is 2. The van der Waals surface area contributed by atoms with Crippen LogP contribution in [0.3, 0.4) is 0 Å². The lowest BCUT2D eigenvalue weighted by Crippen LogP contribution is -2.47. The van der Waals surface area contributed by atoms with Crippen molar-refractivity contribution in [1.29, 1.82) is 0 Å². The highest BCUT2D eigenvalue weighted by Crippen LogP contribution is 2.23. The largest absolute Gasteiger partial charge is 0.445 e. The molecule has 2 atom stereocenters. The zero-order valence-electron chi connectivity index (χ0n) is 13.1. The third-order valence-electron chi connectivity index (χ3n) is 4.42. The number of likely N-dealkylation sites (tertiary alicyclic amines) is 2. The van der Waals surface area contributed by atoms with Crippen molar-refractivity contribution in [2.75, 3.05) is 19.6 Å². The van der Waals surface area contributed by atoms with Crippen LogP contribution in [-0.4, -0.2) is 58.7 Å². The minimum atomic E-state index is -0.671. The van der Waals surface area contributed by atoms with Gasteiger partial charge in [0.2, 0.25) is 5.91 Å². The van der Waals surface area contributed by atoms with Gasteiger partial charge in [-0.25, -0.2) is 4.79 Å². The molecule has 0 aromatic heterocycles. The maximum Gasteiger partial charge on any atom is 0.410 e. The molecule has 0 bridgehead atoms. The van der Waals surface area contributed by atoms with Crippen LogP contribution in [-0.2, 0) is 16.1 Å². The number of amides is 2. The Morgan fingerprint density at radius 3 is 2.57 bits per heavy atom. The summed E-state index contributed by atoms with van der Waals surface area (Å²) in [5.41, 5.74) is 0.892. The summed E-state index contributed by atoms with van der Waals surface area (Å²) in [6.07, 6.45) is 1.08. The first-order chi connectivity index (χ1) is 11.1. The lowest BCUT2D eigenvalue weighted by molar-refractivity contribution is -0.134. The van der Waals surface area contributed by atoms with Crippen LogP contribution in [0, 0.1) is 0 Å². The topological polar surface area (TPSA) is 70.1 Å². The summed E-state index contributed by atoms with van der Waals surface area (Å²) in [6.45, 7) is 1.78. The minimum Gasteiger partial charge on any atom is -0.445 e. The highest BCUT2D eigenvalue weighted by Gasteiger charge is 2.42. The van der Waals surface area contributed by atoms with E-state index in [4.69, 9.17) is 4.74 Å². The van der Waals surface area contributed by atoms with Crippen LogP contribution in [0.2, 0.25) is 0 Å². The summed E-state index contributed by atoms with van der Waals surface area (Å²) in [7, 11) is 0. The van der Waals surface area contributed by atoms with Crippen molar-refractivity contribution in [2.45, 2.75) is 38.0 Å². The molecular formula is C17H22N2O4. The van der Waals surface area contributed by atoms with Crippen molar-refractivity contribution in [3.8, 4) is 0 Å². The molecule has 3 rings (SSSR count). The minimum absolute atomic E-state index is 0.0734. The molecule has 2 saturated heterocycles. The number of hydrogen-bond acceptors (Lipinski definition) is 4. The van der Waals surface area contributed by atoms with Crippen molar-refractivity contribution >= 4 is 12.0 Å². The number of ether oxygens (including phenoxy) is 1. The van der Waals surface area contributed by atoms with Gasteiger partial charge >= 0.3 is 6.09 Å². The van der Waals surface area contributed by atoms with E-state index in [1.54, 1.807) is 4.90 Å². The van der Waals surface area contributed by atoms with Crippen LogP contribution in [0.15, 0.2) is 30.3 Å². The van der Waals surface area contributed by atoms with Gasteiger partial charge in [-0.3, -0.25) is 9.69 Å². The fourth-order valence-electron chi connectivity index (χ4n) is 3.20. The molecular weight excluding hydrogens is 296 g/mol. The van der Waals surface area contributed by atoms with E-state index in [0.29, 0.717) is 0 Å². The fraction of sp³-hybridized carbons (Fsp3) is 0.529. The Bertz CT molecular complexity index is 557. The molecule has 1 N–H and O–H groups in total. The predicted molar refractivity (Wildman–Crippen MR) is 83.6 cm³/mol. The zero-order chi connectivity index (χ0) is 16.2. The molecule has 1 aromatic rings. The summed E-state index contributed by atoms with van der Waals surface area (Å²) in [5, 5.41) is 9.88. The van der Waals surface area contributed by atoms with Crippen LogP contribution in [0.5, 0.6) is 0 Å². The van der Waals surface area contributed by atoms with Crippen LogP contribution >= 0.6 is 0 Å². The summed E-state index contributed by atoms with van der Waals surface area (Å²) >= 11 is 0. The van der Waals surface area contributed by atoms with Gasteiger partial charge in [0, 0.05) is 19.5 Å². The van der Waals surface area contributed by atoms with E-state index >= 15 is 0 Å². The average molecular weight is 318 g/mol. The van der Waals surface area contributed by atoms with Gasteiger partial charge < -0.3 is 14.7 Å². The summed E-state index contributed by atoms with van der Waals surface area (Å²) in [6, 6.07) is 8.79. The Hall–Kier alpha value is -2.08. The van der Waals surface area contributed by atoms with Gasteiger partial charge in [-0.05, 0) is 18.4 Å². The maximum atomic E-state index is 12.5. The second-order valence-corrected chi connectivity index (χ2v) is 6.13. The molecule has 6 heteroatoms. The molecule has 23 heavy (non-hydrogen) atoms. The maximum absolute atomic E-state index is 12.5. The molecule has 1 aromatic carbocycles. The molecule has 2 aliphatic heterocycles. The molecule has 1 unspecified atom stereocenters. The average Bonchev–Trinajstić information content (AvgIpc) is 3.22. The van der Waals surface area contributed by atoms with E-state index in [2.05, 4.69) is 0 Å². The molecule has 2 heterocycles. The number of carbonyl (C=O) groups is 2. The van der Waals surface area contributed by atoms with Crippen LogP contribution < -0.4 is 0 Å². The number of β-amino-alcohol motifs (C(OH)–C–C–N with tert-alkyl or cyclic N) is 1. The Balaban J connectivity index is 1.61. The number of carbonyl (C=O) groups excluding carboxylic acids is 2. The van der Waals surface area contributed by atoms with Crippen molar-refractivity contribution in [1.82, 2.24) is 9.80 Å². The molecule has 2 aliphatic rings. The van der Waals surface area contributed by atoms with E-state index < -0.39 is 18.2 Å². The highest BCUT2D eigenvalue weighted by molar-refractivity contribution is 5.86. The van der Waals surface area contributed by atoms with E-state index in [-0.39, 0.29) is 25.5 Å². The zero-order valence-corrected chi connectivity index (χ0v) is 13.1. The highest BCUT2D eigenvalue weighted by atomic mass is 16.6. The third-order valence-corrected chi connectivity index (χ3v) is 4.42. The Morgan fingerprint density at radius 1 is 1.17 bits per heavy atom. The van der Waals surface area contributed by atoms with Gasteiger partial charge in [0.25, 0.3) is 0 Å². The molecule has 0 aliphatic carbocycles. The Kier molecular flexibility index (Phi) is 4.81. The van der Waals surface area contributed by atoms with Gasteiger partial charge in [-0.2, -0.15) is 0 Å². The lowest BCUT2D eigenvalue weighted by atomic mass is 10.2. The number of aliphatic hydroxyl groups excluding tert-OH is 1. The molecule has 124 valence electrons. The quantitative estimate of drug-likeness (QED) is 0.914. The molecule has 2 amide bonds. The van der Waals surface area contributed by atoms with Crippen molar-refractivity contribution < 1.29 is 19.4 Å². The fourth-order valence-corrected chi connectivity index (χ4v) is 3.20. The molecule has 6 nitrogen and oxygen atoms in total. The Labute approximate surface area is 135 Å². The SMILES string of the molecule is O=C([C@H]1CC(O)CN1C(=O)OCc1ccccc1)N1CCCC1. The van der Waals surface area contributed by atoms with Crippen LogP contribution in [0.25, 0.3) is 0 Å². The van der Waals surface area contributed by atoms with Gasteiger partial charge in [0.05, 0.1) is 12.6 Å². The van der Waals surface area contributed by atoms with Crippen LogP contribution in [0.1, 0.15) is 24.8 Å². The summed E-state index contributed by atoms with van der Waals surface area (Å²) in [4.78, 5) is 28.0. The predicted octanol–water partition coefficient (Wildman–Crippen LogP) is 1.38. The first-order valence-corrected chi connectivity index (χ1v) is 8.09. The second kappa shape index (κ2) is 7.00. The van der Waals surface area contributed by atoms with Gasteiger partial charge in [-0.1, -0.05) is 30.3 Å². The van der Waals surface area contributed by atoms with Crippen molar-refractivity contribution in [3.63, 3.8) is 0 Å². The summed E-state index contributed by atoms with van der Waals surface area (Å²) < 4.78 is 5.31. The summed E-state index contributed by atoms with van der Waals surface area (Å²) in [5.74, 6) is -0.0734. The molecule has 2 fully saturated rings. The number of rotatable bonds is 3. The number of benzene rings is 1. The molecule has 0 saturated carbocycles. The first-order valence-electron chi connectivity index (χ1n) is 8.09. The van der Waals surface area contributed by atoms with Gasteiger partial charge in [-0.15, -0.1) is 0 Å².